The second-order valence-electron chi connectivity index (χ2n) is 3.15. The number of nitrogens with two attached hydrogens (primary N) is 1. The number of nitrogens with zero attached hydrogens (tertiary/aromatic N) is 2. The van der Waals surface area contributed by atoms with E-state index >= 15 is 0 Å². The van der Waals surface area contributed by atoms with E-state index in [-0.39, 0.29) is 10.7 Å². The van der Waals surface area contributed by atoms with E-state index in [1.54, 1.807) is 0 Å². The number of nitrogens with one attached hydrogen (secondary N) is 1. The lowest BCUT2D eigenvalue weighted by Gasteiger charge is -2.08. The van der Waals surface area contributed by atoms with Crippen LogP contribution in [-0.2, 0) is 6.18 Å². The van der Waals surface area contributed by atoms with Crippen LogP contribution in [0.5, 0.6) is 0 Å². The number of benzene rings is 1. The summed E-state index contributed by atoms with van der Waals surface area (Å²) in [6, 6.07) is 4.71. The molecule has 0 saturated heterocycles. The third kappa shape index (κ3) is 3.71. The quantitative estimate of drug-likeness (QED) is 0.488. The molecule has 1 aromatic carbocycles. The lowest BCUT2D eigenvalue weighted by Crippen LogP contribution is -2.24. The van der Waals surface area contributed by atoms with Crippen molar-refractivity contribution < 1.29 is 13.2 Å². The fourth-order valence-electron chi connectivity index (χ4n) is 1.14. The Morgan fingerprint density at radius 2 is 2.17 bits per heavy atom. The molecule has 0 unspecified atom stereocenters. The van der Waals surface area contributed by atoms with Crippen molar-refractivity contribution in [3.8, 4) is 6.07 Å². The highest BCUT2D eigenvalue weighted by Crippen LogP contribution is 2.32. The van der Waals surface area contributed by atoms with Gasteiger partial charge in [-0.3, -0.25) is 5.43 Å². The standard InChI is InChI=1S/C10H7F3N4S/c11-10(12,13)8-3-6(1-2-7(8)4-14)5-16-17-9(15)18/h1-3,5H,(H3,15,17,18). The second kappa shape index (κ2) is 5.46. The molecular weight excluding hydrogens is 265 g/mol. The number of hydrazone groups is 1. The van der Waals surface area contributed by atoms with Crippen LogP contribution < -0.4 is 11.2 Å². The number of nitriles is 1. The molecule has 0 aliphatic rings. The molecule has 0 saturated carbocycles. The minimum atomic E-state index is -4.59. The zero-order valence-corrected chi connectivity index (χ0v) is 9.64. The minimum Gasteiger partial charge on any atom is -0.375 e. The molecule has 0 fully saturated rings. The molecule has 0 amide bonds. The van der Waals surface area contributed by atoms with Crippen LogP contribution in [0.15, 0.2) is 23.3 Å². The Balaban J connectivity index is 3.08. The van der Waals surface area contributed by atoms with Crippen LogP contribution in [0, 0.1) is 11.3 Å². The third-order valence-electron chi connectivity index (χ3n) is 1.86. The Morgan fingerprint density at radius 3 is 2.67 bits per heavy atom. The van der Waals surface area contributed by atoms with Crippen LogP contribution in [-0.4, -0.2) is 11.3 Å². The molecule has 0 spiro atoms. The topological polar surface area (TPSA) is 74.2 Å². The molecule has 8 heteroatoms. The highest BCUT2D eigenvalue weighted by molar-refractivity contribution is 7.80. The Kier molecular flexibility index (Phi) is 4.23. The number of halogens is 3. The lowest BCUT2D eigenvalue weighted by atomic mass is 10.0. The van der Waals surface area contributed by atoms with E-state index in [0.29, 0.717) is 0 Å². The van der Waals surface area contributed by atoms with Crippen molar-refractivity contribution in [2.75, 3.05) is 0 Å². The van der Waals surface area contributed by atoms with Crippen LogP contribution in [0.2, 0.25) is 0 Å². The van der Waals surface area contributed by atoms with E-state index in [1.165, 1.54) is 12.1 Å². The molecule has 0 bridgehead atoms. The normalized spacial score (nSPS) is 11.2. The summed E-state index contributed by atoms with van der Waals surface area (Å²) in [7, 11) is 0. The first-order valence-corrected chi connectivity index (χ1v) is 4.95. The maximum absolute atomic E-state index is 12.6. The van der Waals surface area contributed by atoms with Crippen molar-refractivity contribution in [1.29, 1.82) is 5.26 Å². The van der Waals surface area contributed by atoms with Crippen LogP contribution in [0.25, 0.3) is 0 Å². The highest BCUT2D eigenvalue weighted by Gasteiger charge is 2.33. The van der Waals surface area contributed by atoms with Gasteiger partial charge in [-0.05, 0) is 29.9 Å². The van der Waals surface area contributed by atoms with Gasteiger partial charge in [0.15, 0.2) is 5.11 Å². The average molecular weight is 272 g/mol. The van der Waals surface area contributed by atoms with Crippen molar-refractivity contribution >= 4 is 23.5 Å². The molecule has 1 rings (SSSR count). The van der Waals surface area contributed by atoms with Crippen molar-refractivity contribution in [2.24, 2.45) is 10.8 Å². The molecule has 0 aliphatic heterocycles. The van der Waals surface area contributed by atoms with E-state index < -0.39 is 17.3 Å². The molecule has 0 heterocycles. The lowest BCUT2D eigenvalue weighted by molar-refractivity contribution is -0.137. The first-order valence-electron chi connectivity index (χ1n) is 4.54. The van der Waals surface area contributed by atoms with Crippen molar-refractivity contribution in [3.63, 3.8) is 0 Å². The third-order valence-corrected chi connectivity index (χ3v) is 1.95. The zero-order valence-electron chi connectivity index (χ0n) is 8.82. The van der Waals surface area contributed by atoms with Gasteiger partial charge in [0.2, 0.25) is 0 Å². The van der Waals surface area contributed by atoms with E-state index in [0.717, 1.165) is 18.3 Å². The Hall–Kier alpha value is -2.14. The van der Waals surface area contributed by atoms with Gasteiger partial charge >= 0.3 is 6.18 Å². The Bertz CT molecular complexity index is 531. The number of hydrogen-bond acceptors (Lipinski definition) is 3. The van der Waals surface area contributed by atoms with Crippen LogP contribution in [0.4, 0.5) is 13.2 Å². The van der Waals surface area contributed by atoms with Crippen molar-refractivity contribution in [3.05, 3.63) is 34.9 Å². The summed E-state index contributed by atoms with van der Waals surface area (Å²) >= 11 is 4.47. The molecule has 18 heavy (non-hydrogen) atoms. The average Bonchev–Trinajstić information content (AvgIpc) is 2.27. The van der Waals surface area contributed by atoms with Crippen LogP contribution >= 0.6 is 12.2 Å². The van der Waals surface area contributed by atoms with Gasteiger partial charge in [0.25, 0.3) is 0 Å². The Labute approximate surface area is 106 Å². The van der Waals surface area contributed by atoms with Gasteiger partial charge in [0.1, 0.15) is 0 Å². The van der Waals surface area contributed by atoms with Crippen LogP contribution in [0.1, 0.15) is 16.7 Å². The molecule has 1 aromatic rings. The number of alkyl halides is 3. The molecule has 0 aromatic heterocycles. The summed E-state index contributed by atoms with van der Waals surface area (Å²) < 4.78 is 37.8. The first-order chi connectivity index (χ1) is 8.34. The van der Waals surface area contributed by atoms with Gasteiger partial charge in [0.05, 0.1) is 23.4 Å². The minimum absolute atomic E-state index is 0.101. The summed E-state index contributed by atoms with van der Waals surface area (Å²) in [6.45, 7) is 0. The molecule has 0 radical (unpaired) electrons. The number of thiocarbonyl (C=S) groups is 1. The van der Waals surface area contributed by atoms with E-state index in [1.807, 2.05) is 0 Å². The number of hydrogen-bond donors (Lipinski definition) is 2. The van der Waals surface area contributed by atoms with Gasteiger partial charge < -0.3 is 5.73 Å². The number of rotatable bonds is 2. The molecule has 0 aliphatic carbocycles. The predicted molar refractivity (Wildman–Crippen MR) is 63.7 cm³/mol. The maximum Gasteiger partial charge on any atom is 0.417 e. The van der Waals surface area contributed by atoms with E-state index in [4.69, 9.17) is 11.0 Å². The summed E-state index contributed by atoms with van der Waals surface area (Å²) in [6.07, 6.45) is -3.47. The molecule has 0 atom stereocenters. The smallest absolute Gasteiger partial charge is 0.375 e. The summed E-state index contributed by atoms with van der Waals surface area (Å²) in [5, 5.41) is 12.0. The summed E-state index contributed by atoms with van der Waals surface area (Å²) in [5.74, 6) is 0. The van der Waals surface area contributed by atoms with Crippen LogP contribution in [0.3, 0.4) is 0 Å². The molecule has 94 valence electrons. The fourth-order valence-corrected chi connectivity index (χ4v) is 1.20. The van der Waals surface area contributed by atoms with E-state index in [2.05, 4.69) is 22.7 Å². The van der Waals surface area contributed by atoms with Gasteiger partial charge in [-0.1, -0.05) is 6.07 Å². The van der Waals surface area contributed by atoms with Gasteiger partial charge in [0, 0.05) is 0 Å². The zero-order chi connectivity index (χ0) is 13.8. The SMILES string of the molecule is N#Cc1ccc(C=NNC(N)=S)cc1C(F)(F)F. The van der Waals surface area contributed by atoms with Gasteiger partial charge in [-0.25, -0.2) is 0 Å². The molecule has 3 N–H and O–H groups in total. The summed E-state index contributed by atoms with van der Waals surface area (Å²) in [5.41, 5.74) is 6.02. The second-order valence-corrected chi connectivity index (χ2v) is 3.59. The first kappa shape index (κ1) is 13.9. The Morgan fingerprint density at radius 1 is 1.50 bits per heavy atom. The monoisotopic (exact) mass is 272 g/mol. The molecular formula is C10H7F3N4S. The van der Waals surface area contributed by atoms with Gasteiger partial charge in [-0.15, -0.1) is 0 Å². The van der Waals surface area contributed by atoms with Crippen molar-refractivity contribution in [2.45, 2.75) is 6.18 Å². The highest BCUT2D eigenvalue weighted by atomic mass is 32.1. The summed E-state index contributed by atoms with van der Waals surface area (Å²) in [4.78, 5) is 0. The van der Waals surface area contributed by atoms with Crippen molar-refractivity contribution in [1.82, 2.24) is 5.43 Å². The predicted octanol–water partition coefficient (Wildman–Crippen LogP) is 1.74. The fraction of sp³-hybridized carbons (Fsp3) is 0.100. The largest absolute Gasteiger partial charge is 0.417 e. The maximum atomic E-state index is 12.6. The molecule has 4 nitrogen and oxygen atoms in total. The van der Waals surface area contributed by atoms with E-state index in [9.17, 15) is 13.2 Å². The van der Waals surface area contributed by atoms with Gasteiger partial charge in [-0.2, -0.15) is 23.5 Å².